The Labute approximate surface area is 138 Å². The van der Waals surface area contributed by atoms with Crippen molar-refractivity contribution < 1.29 is 5.11 Å². The summed E-state index contributed by atoms with van der Waals surface area (Å²) < 4.78 is 0. The van der Waals surface area contributed by atoms with E-state index in [1.54, 1.807) is 0 Å². The summed E-state index contributed by atoms with van der Waals surface area (Å²) in [5, 5.41) is 9.37. The first kappa shape index (κ1) is 19.1. The average molecular weight is 305 g/mol. The summed E-state index contributed by atoms with van der Waals surface area (Å²) in [6.45, 7) is 4.57. The van der Waals surface area contributed by atoms with E-state index in [1.165, 1.54) is 76.2 Å². The molecule has 1 rings (SSSR count). The van der Waals surface area contributed by atoms with Crippen molar-refractivity contribution in [1.82, 2.24) is 0 Å². The van der Waals surface area contributed by atoms with Crippen molar-refractivity contribution in [1.29, 1.82) is 0 Å². The number of hydrogen-bond acceptors (Lipinski definition) is 1. The molecule has 1 N–H and O–H groups in total. The summed E-state index contributed by atoms with van der Waals surface area (Å²) in [6, 6.07) is 7.76. The predicted octanol–water partition coefficient (Wildman–Crippen LogP) is 6.88. The van der Waals surface area contributed by atoms with E-state index >= 15 is 0 Å². The van der Waals surface area contributed by atoms with Gasteiger partial charge < -0.3 is 5.11 Å². The maximum Gasteiger partial charge on any atom is 0.115 e. The van der Waals surface area contributed by atoms with E-state index in [-0.39, 0.29) is 0 Å². The smallest absolute Gasteiger partial charge is 0.115 e. The van der Waals surface area contributed by atoms with Crippen LogP contribution in [0.15, 0.2) is 24.3 Å². The van der Waals surface area contributed by atoms with Crippen LogP contribution in [0.3, 0.4) is 0 Å². The minimum absolute atomic E-state index is 0.374. The second kappa shape index (κ2) is 12.6. The summed E-state index contributed by atoms with van der Waals surface area (Å²) in [6.07, 6.45) is 16.3. The van der Waals surface area contributed by atoms with Crippen LogP contribution in [-0.4, -0.2) is 5.11 Å². The van der Waals surface area contributed by atoms with Gasteiger partial charge in [-0.25, -0.2) is 0 Å². The maximum atomic E-state index is 9.37. The second-order valence-corrected chi connectivity index (χ2v) is 6.77. The Hall–Kier alpha value is -0.980. The number of aryl methyl sites for hydroxylation is 1. The second-order valence-electron chi connectivity index (χ2n) is 6.77. The number of unbranched alkanes of at least 4 members (excludes halogenated alkanes) is 6. The fourth-order valence-electron chi connectivity index (χ4n) is 3.19. The van der Waals surface area contributed by atoms with Gasteiger partial charge in [-0.05, 0) is 36.5 Å². The highest BCUT2D eigenvalue weighted by molar-refractivity contribution is 5.25. The van der Waals surface area contributed by atoms with Crippen LogP contribution in [-0.2, 0) is 6.42 Å². The van der Waals surface area contributed by atoms with Crippen molar-refractivity contribution in [3.8, 4) is 5.75 Å². The van der Waals surface area contributed by atoms with Crippen molar-refractivity contribution in [2.75, 3.05) is 0 Å². The fraction of sp³-hybridized carbons (Fsp3) is 0.714. The summed E-state index contributed by atoms with van der Waals surface area (Å²) >= 11 is 0. The van der Waals surface area contributed by atoms with Crippen LogP contribution in [0.2, 0.25) is 0 Å². The van der Waals surface area contributed by atoms with E-state index in [4.69, 9.17) is 0 Å². The number of hydrogen-bond donors (Lipinski definition) is 1. The molecule has 0 saturated heterocycles. The van der Waals surface area contributed by atoms with Crippen LogP contribution in [0.4, 0.5) is 0 Å². The van der Waals surface area contributed by atoms with E-state index in [0.717, 1.165) is 12.3 Å². The molecule has 0 saturated carbocycles. The van der Waals surface area contributed by atoms with Gasteiger partial charge in [-0.15, -0.1) is 0 Å². The molecule has 0 amide bonds. The van der Waals surface area contributed by atoms with Gasteiger partial charge in [0.05, 0.1) is 0 Å². The Kier molecular flexibility index (Phi) is 10.9. The highest BCUT2D eigenvalue weighted by atomic mass is 16.3. The molecule has 0 heterocycles. The highest BCUT2D eigenvalue weighted by Crippen LogP contribution is 2.24. The first-order valence-corrected chi connectivity index (χ1v) is 9.54. The van der Waals surface area contributed by atoms with Crippen molar-refractivity contribution >= 4 is 0 Å². The standard InChI is InChI=1S/C21H36O/c1-3-5-7-9-11-19(12-10-8-6-4-2)13-14-20-15-17-21(22)18-16-20/h15-19,22H,3-14H2,1-2H3. The zero-order valence-corrected chi connectivity index (χ0v) is 14.8. The number of benzene rings is 1. The quantitative estimate of drug-likeness (QED) is 0.394. The van der Waals surface area contributed by atoms with Crippen molar-refractivity contribution in [3.63, 3.8) is 0 Å². The van der Waals surface area contributed by atoms with Gasteiger partial charge in [-0.3, -0.25) is 0 Å². The number of phenols is 1. The maximum absolute atomic E-state index is 9.37. The van der Waals surface area contributed by atoms with Crippen molar-refractivity contribution in [2.45, 2.75) is 90.9 Å². The lowest BCUT2D eigenvalue weighted by molar-refractivity contribution is 0.383. The van der Waals surface area contributed by atoms with Gasteiger partial charge in [-0.2, -0.15) is 0 Å². The Balaban J connectivity index is 2.33. The molecule has 22 heavy (non-hydrogen) atoms. The molecule has 0 bridgehead atoms. The average Bonchev–Trinajstić information content (AvgIpc) is 2.54. The zero-order chi connectivity index (χ0) is 16.0. The minimum Gasteiger partial charge on any atom is -0.508 e. The lowest BCUT2D eigenvalue weighted by Crippen LogP contribution is -2.03. The van der Waals surface area contributed by atoms with Crippen LogP contribution in [0, 0.1) is 5.92 Å². The molecule has 0 fully saturated rings. The molecule has 1 heteroatoms. The molecule has 0 atom stereocenters. The van der Waals surface area contributed by atoms with E-state index in [2.05, 4.69) is 26.0 Å². The fourth-order valence-corrected chi connectivity index (χ4v) is 3.19. The third-order valence-corrected chi connectivity index (χ3v) is 4.71. The van der Waals surface area contributed by atoms with Gasteiger partial charge in [0.15, 0.2) is 0 Å². The molecule has 0 aliphatic heterocycles. The molecule has 1 nitrogen and oxygen atoms in total. The highest BCUT2D eigenvalue weighted by Gasteiger charge is 2.09. The van der Waals surface area contributed by atoms with Crippen LogP contribution >= 0.6 is 0 Å². The largest absolute Gasteiger partial charge is 0.508 e. The number of aromatic hydroxyl groups is 1. The first-order valence-electron chi connectivity index (χ1n) is 9.54. The van der Waals surface area contributed by atoms with Gasteiger partial charge in [0.25, 0.3) is 0 Å². The van der Waals surface area contributed by atoms with Crippen LogP contribution in [0.1, 0.15) is 90.0 Å². The first-order chi connectivity index (χ1) is 10.8. The van der Waals surface area contributed by atoms with E-state index in [1.807, 2.05) is 12.1 Å². The Morgan fingerprint density at radius 2 is 1.27 bits per heavy atom. The topological polar surface area (TPSA) is 20.2 Å². The summed E-state index contributed by atoms with van der Waals surface area (Å²) in [7, 11) is 0. The van der Waals surface area contributed by atoms with Gasteiger partial charge in [0.1, 0.15) is 5.75 Å². The van der Waals surface area contributed by atoms with Crippen molar-refractivity contribution in [2.24, 2.45) is 5.92 Å². The third-order valence-electron chi connectivity index (χ3n) is 4.71. The molecule has 0 aliphatic carbocycles. The minimum atomic E-state index is 0.374. The van der Waals surface area contributed by atoms with Gasteiger partial charge in [0.2, 0.25) is 0 Å². The van der Waals surface area contributed by atoms with Gasteiger partial charge in [-0.1, -0.05) is 90.2 Å². The monoisotopic (exact) mass is 304 g/mol. The summed E-state index contributed by atoms with van der Waals surface area (Å²) in [5.41, 5.74) is 1.37. The zero-order valence-electron chi connectivity index (χ0n) is 14.8. The SMILES string of the molecule is CCCCCCC(CCCCCC)CCc1ccc(O)cc1. The van der Waals surface area contributed by atoms with Crippen LogP contribution < -0.4 is 0 Å². The van der Waals surface area contributed by atoms with E-state index in [9.17, 15) is 5.11 Å². The Morgan fingerprint density at radius 3 is 1.77 bits per heavy atom. The summed E-state index contributed by atoms with van der Waals surface area (Å²) in [4.78, 5) is 0. The molecule has 0 unspecified atom stereocenters. The molecule has 126 valence electrons. The Morgan fingerprint density at radius 1 is 0.727 bits per heavy atom. The molecule has 1 aromatic rings. The molecule has 0 aromatic heterocycles. The van der Waals surface area contributed by atoms with Crippen LogP contribution in [0.25, 0.3) is 0 Å². The molecular weight excluding hydrogens is 268 g/mol. The summed E-state index contributed by atoms with van der Waals surface area (Å²) in [5.74, 6) is 1.27. The molecule has 0 aliphatic rings. The lowest BCUT2D eigenvalue weighted by Gasteiger charge is -2.17. The molecule has 0 spiro atoms. The van der Waals surface area contributed by atoms with Crippen LogP contribution in [0.5, 0.6) is 5.75 Å². The molecular formula is C21H36O. The van der Waals surface area contributed by atoms with Crippen molar-refractivity contribution in [3.05, 3.63) is 29.8 Å². The molecule has 0 radical (unpaired) electrons. The van der Waals surface area contributed by atoms with Gasteiger partial charge in [0, 0.05) is 0 Å². The third kappa shape index (κ3) is 9.12. The lowest BCUT2D eigenvalue weighted by atomic mass is 9.89. The van der Waals surface area contributed by atoms with Gasteiger partial charge >= 0.3 is 0 Å². The van der Waals surface area contributed by atoms with E-state index in [0.29, 0.717) is 5.75 Å². The number of rotatable bonds is 13. The van der Waals surface area contributed by atoms with E-state index < -0.39 is 0 Å². The number of phenolic OH excluding ortho intramolecular Hbond substituents is 1. The normalized spacial score (nSPS) is 11.2. The Bertz CT molecular complexity index is 343. The molecule has 1 aromatic carbocycles. The predicted molar refractivity (Wildman–Crippen MR) is 97.4 cm³/mol.